The van der Waals surface area contributed by atoms with Gasteiger partial charge in [0.25, 0.3) is 0 Å². The first kappa shape index (κ1) is 17.8. The topological polar surface area (TPSA) is 39.9 Å². The Morgan fingerprint density at radius 1 is 1.08 bits per heavy atom. The Bertz CT molecular complexity index is 859. The van der Waals surface area contributed by atoms with Crippen LogP contribution in [0.4, 0.5) is 0 Å². The highest BCUT2D eigenvalue weighted by Gasteiger charge is 2.13. The first-order valence-corrected chi connectivity index (χ1v) is 9.39. The lowest BCUT2D eigenvalue weighted by atomic mass is 10.1. The van der Waals surface area contributed by atoms with Crippen LogP contribution in [0.25, 0.3) is 11.4 Å². The molecule has 0 N–H and O–H groups in total. The highest BCUT2D eigenvalue weighted by atomic mass is 35.5. The molecule has 0 aliphatic carbocycles. The molecule has 130 valence electrons. The Morgan fingerprint density at radius 3 is 2.52 bits per heavy atom. The fraction of sp³-hybridized carbons (Fsp3) is 0.263. The molecule has 4 nitrogen and oxygen atoms in total. The second-order valence-corrected chi connectivity index (χ2v) is 7.33. The molecule has 0 atom stereocenters. The van der Waals surface area contributed by atoms with Crippen molar-refractivity contribution in [2.24, 2.45) is 7.05 Å². The monoisotopic (exact) mass is 373 g/mol. The summed E-state index contributed by atoms with van der Waals surface area (Å²) in [5.41, 5.74) is 3.30. The molecule has 1 aromatic heterocycles. The van der Waals surface area contributed by atoms with Gasteiger partial charge in [0.05, 0.1) is 11.6 Å². The van der Waals surface area contributed by atoms with E-state index < -0.39 is 0 Å². The molecule has 1 heterocycles. The minimum atomic E-state index is 0.613. The van der Waals surface area contributed by atoms with E-state index in [-0.39, 0.29) is 0 Å². The lowest BCUT2D eigenvalue weighted by Crippen LogP contribution is -2.02. The molecule has 6 heteroatoms. The van der Waals surface area contributed by atoms with Gasteiger partial charge in [-0.1, -0.05) is 41.6 Å². The van der Waals surface area contributed by atoms with E-state index in [0.717, 1.165) is 28.0 Å². The average Bonchev–Trinajstić information content (AvgIpc) is 2.92. The van der Waals surface area contributed by atoms with Crippen LogP contribution in [0.15, 0.2) is 47.6 Å². The summed E-state index contributed by atoms with van der Waals surface area (Å²) in [5, 5.41) is 10.1. The van der Waals surface area contributed by atoms with Crippen LogP contribution in [-0.4, -0.2) is 27.1 Å². The van der Waals surface area contributed by atoms with Gasteiger partial charge < -0.3 is 9.30 Å². The van der Waals surface area contributed by atoms with Crippen molar-refractivity contribution in [2.75, 3.05) is 12.4 Å². The van der Waals surface area contributed by atoms with Gasteiger partial charge in [0.15, 0.2) is 11.0 Å². The second-order valence-electron chi connectivity index (χ2n) is 5.87. The van der Waals surface area contributed by atoms with Gasteiger partial charge in [-0.05, 0) is 49.2 Å². The molecule has 0 saturated carbocycles. The Hall–Kier alpha value is -1.98. The van der Waals surface area contributed by atoms with Gasteiger partial charge in [-0.2, -0.15) is 0 Å². The molecule has 0 amide bonds. The zero-order valence-electron chi connectivity index (χ0n) is 14.5. The Kier molecular flexibility index (Phi) is 5.66. The van der Waals surface area contributed by atoms with Crippen molar-refractivity contribution >= 4 is 23.4 Å². The number of nitrogens with zero attached hydrogens (tertiary/aromatic N) is 3. The number of hydrogen-bond donors (Lipinski definition) is 0. The molecule has 0 bridgehead atoms. The lowest BCUT2D eigenvalue weighted by molar-refractivity contribution is 0.343. The molecule has 0 saturated heterocycles. The Morgan fingerprint density at radius 2 is 1.80 bits per heavy atom. The van der Waals surface area contributed by atoms with Gasteiger partial charge in [-0.25, -0.2) is 0 Å². The van der Waals surface area contributed by atoms with Crippen LogP contribution in [0.3, 0.4) is 0 Å². The largest absolute Gasteiger partial charge is 0.493 e. The summed E-state index contributed by atoms with van der Waals surface area (Å²) in [6.45, 7) is 4.76. The molecule has 2 aromatic carbocycles. The SMILES string of the molecule is Cc1cc(C)cc(OCCSc2nnc(-c3ccccc3Cl)n2C)c1. The zero-order chi connectivity index (χ0) is 17.8. The van der Waals surface area contributed by atoms with Crippen molar-refractivity contribution in [3.05, 3.63) is 58.6 Å². The number of aryl methyl sites for hydroxylation is 2. The van der Waals surface area contributed by atoms with Crippen LogP contribution in [0.2, 0.25) is 5.02 Å². The molecule has 0 fully saturated rings. The average molecular weight is 374 g/mol. The third-order valence-corrected chi connectivity index (χ3v) is 5.04. The van der Waals surface area contributed by atoms with Gasteiger partial charge in [0.1, 0.15) is 5.75 Å². The van der Waals surface area contributed by atoms with Crippen molar-refractivity contribution in [3.63, 3.8) is 0 Å². The van der Waals surface area contributed by atoms with Gasteiger partial charge in [0, 0.05) is 18.4 Å². The van der Waals surface area contributed by atoms with Crippen LogP contribution in [0.1, 0.15) is 11.1 Å². The van der Waals surface area contributed by atoms with E-state index in [1.807, 2.05) is 35.9 Å². The molecule has 0 aliphatic rings. The highest BCUT2D eigenvalue weighted by Crippen LogP contribution is 2.28. The number of ether oxygens (including phenoxy) is 1. The Labute approximate surface area is 157 Å². The maximum absolute atomic E-state index is 6.25. The van der Waals surface area contributed by atoms with Gasteiger partial charge >= 0.3 is 0 Å². The van der Waals surface area contributed by atoms with E-state index in [4.69, 9.17) is 16.3 Å². The van der Waals surface area contributed by atoms with Crippen LogP contribution < -0.4 is 4.74 Å². The number of aromatic nitrogens is 3. The molecule has 3 rings (SSSR count). The van der Waals surface area contributed by atoms with Crippen LogP contribution >= 0.6 is 23.4 Å². The summed E-state index contributed by atoms with van der Waals surface area (Å²) in [4.78, 5) is 0. The summed E-state index contributed by atoms with van der Waals surface area (Å²) >= 11 is 7.87. The van der Waals surface area contributed by atoms with Crippen molar-refractivity contribution in [1.29, 1.82) is 0 Å². The third-order valence-electron chi connectivity index (χ3n) is 3.73. The second kappa shape index (κ2) is 7.93. The van der Waals surface area contributed by atoms with Crippen LogP contribution in [-0.2, 0) is 7.05 Å². The van der Waals surface area contributed by atoms with E-state index in [2.05, 4.69) is 42.2 Å². The van der Waals surface area contributed by atoms with E-state index in [0.29, 0.717) is 11.6 Å². The van der Waals surface area contributed by atoms with Crippen molar-refractivity contribution in [3.8, 4) is 17.1 Å². The third kappa shape index (κ3) is 4.35. The zero-order valence-corrected chi connectivity index (χ0v) is 16.1. The molecule has 0 spiro atoms. The summed E-state index contributed by atoms with van der Waals surface area (Å²) in [5.74, 6) is 2.47. The first-order chi connectivity index (χ1) is 12.0. The molecule has 25 heavy (non-hydrogen) atoms. The number of thioether (sulfide) groups is 1. The lowest BCUT2D eigenvalue weighted by Gasteiger charge is -2.08. The summed E-state index contributed by atoms with van der Waals surface area (Å²) in [6.07, 6.45) is 0. The maximum atomic E-state index is 6.25. The number of hydrogen-bond acceptors (Lipinski definition) is 4. The van der Waals surface area contributed by atoms with Crippen LogP contribution in [0.5, 0.6) is 5.75 Å². The normalized spacial score (nSPS) is 10.9. The quantitative estimate of drug-likeness (QED) is 0.454. The van der Waals surface area contributed by atoms with Gasteiger partial charge in [-0.15, -0.1) is 10.2 Å². The Balaban J connectivity index is 1.60. The highest BCUT2D eigenvalue weighted by molar-refractivity contribution is 7.99. The predicted octanol–water partition coefficient (Wildman–Crippen LogP) is 4.92. The summed E-state index contributed by atoms with van der Waals surface area (Å²) in [7, 11) is 1.95. The van der Waals surface area contributed by atoms with E-state index in [1.54, 1.807) is 11.8 Å². The number of benzene rings is 2. The standard InChI is InChI=1S/C19H20ClN3OS/c1-13-10-14(2)12-15(11-13)24-8-9-25-19-22-21-18(23(19)3)16-6-4-5-7-17(16)20/h4-7,10-12H,8-9H2,1-3H3. The van der Waals surface area contributed by atoms with Crippen molar-refractivity contribution in [2.45, 2.75) is 19.0 Å². The molecular formula is C19H20ClN3OS. The molecule has 0 unspecified atom stereocenters. The number of rotatable bonds is 6. The first-order valence-electron chi connectivity index (χ1n) is 8.03. The maximum Gasteiger partial charge on any atom is 0.191 e. The smallest absolute Gasteiger partial charge is 0.191 e. The van der Waals surface area contributed by atoms with Gasteiger partial charge in [-0.3, -0.25) is 0 Å². The molecule has 0 aliphatic heterocycles. The minimum Gasteiger partial charge on any atom is -0.493 e. The van der Waals surface area contributed by atoms with Gasteiger partial charge in [0.2, 0.25) is 0 Å². The number of halogens is 1. The van der Waals surface area contributed by atoms with E-state index in [9.17, 15) is 0 Å². The molecule has 0 radical (unpaired) electrons. The van der Waals surface area contributed by atoms with Crippen LogP contribution in [0, 0.1) is 13.8 Å². The minimum absolute atomic E-state index is 0.613. The molecule has 3 aromatic rings. The van der Waals surface area contributed by atoms with Crippen molar-refractivity contribution in [1.82, 2.24) is 14.8 Å². The summed E-state index contributed by atoms with van der Waals surface area (Å²) in [6, 6.07) is 13.9. The van der Waals surface area contributed by atoms with E-state index in [1.165, 1.54) is 11.1 Å². The molecular weight excluding hydrogens is 354 g/mol. The van der Waals surface area contributed by atoms with E-state index >= 15 is 0 Å². The fourth-order valence-corrected chi connectivity index (χ4v) is 3.57. The fourth-order valence-electron chi connectivity index (χ4n) is 2.63. The summed E-state index contributed by atoms with van der Waals surface area (Å²) < 4.78 is 7.80. The predicted molar refractivity (Wildman–Crippen MR) is 104 cm³/mol. The van der Waals surface area contributed by atoms with Crippen molar-refractivity contribution < 1.29 is 4.74 Å².